The predicted octanol–water partition coefficient (Wildman–Crippen LogP) is 0.609. The Hall–Kier alpha value is -2.94. The first-order valence-electron chi connectivity index (χ1n) is 8.17. The van der Waals surface area contributed by atoms with Crippen LogP contribution in [0, 0.1) is 6.92 Å². The summed E-state index contributed by atoms with van der Waals surface area (Å²) >= 11 is 0. The van der Waals surface area contributed by atoms with Gasteiger partial charge in [-0.2, -0.15) is 4.98 Å². The molecule has 2 heterocycles. The highest BCUT2D eigenvalue weighted by atomic mass is 16.5. The van der Waals surface area contributed by atoms with E-state index in [1.165, 1.54) is 4.90 Å². The maximum Gasteiger partial charge on any atom is 0.265 e. The van der Waals surface area contributed by atoms with Crippen LogP contribution in [0.15, 0.2) is 22.7 Å². The molecule has 2 amide bonds. The van der Waals surface area contributed by atoms with E-state index in [9.17, 15) is 9.59 Å². The molecule has 0 aliphatic carbocycles. The van der Waals surface area contributed by atoms with Crippen molar-refractivity contribution in [1.29, 1.82) is 0 Å². The van der Waals surface area contributed by atoms with Crippen LogP contribution in [0.2, 0.25) is 0 Å². The van der Waals surface area contributed by atoms with E-state index >= 15 is 0 Å². The van der Waals surface area contributed by atoms with Gasteiger partial charge < -0.3 is 19.3 Å². The molecule has 0 spiro atoms. The third kappa shape index (κ3) is 4.17. The molecule has 9 heteroatoms. The number of hydrogen-bond acceptors (Lipinski definition) is 7. The molecule has 0 saturated carbocycles. The molecule has 2 aromatic rings. The molecule has 26 heavy (non-hydrogen) atoms. The zero-order chi connectivity index (χ0) is 18.5. The molecule has 1 aromatic heterocycles. The lowest BCUT2D eigenvalue weighted by Crippen LogP contribution is -2.45. The normalized spacial score (nSPS) is 13.3. The topological polar surface area (TPSA) is 107 Å². The van der Waals surface area contributed by atoms with Gasteiger partial charge in [0.2, 0.25) is 11.8 Å². The minimum atomic E-state index is -0.329. The van der Waals surface area contributed by atoms with Crippen molar-refractivity contribution in [2.45, 2.75) is 19.9 Å². The van der Waals surface area contributed by atoms with E-state index in [2.05, 4.69) is 15.5 Å². The summed E-state index contributed by atoms with van der Waals surface area (Å²) in [6.07, 6.45) is 0.534. The Balaban J connectivity index is 1.59. The Bertz CT molecular complexity index is 804. The Labute approximate surface area is 150 Å². The summed E-state index contributed by atoms with van der Waals surface area (Å²) < 4.78 is 15.4. The lowest BCUT2D eigenvalue weighted by molar-refractivity contribution is -0.125. The van der Waals surface area contributed by atoms with Crippen LogP contribution >= 0.6 is 0 Å². The smallest absolute Gasteiger partial charge is 0.265 e. The maximum atomic E-state index is 12.2. The molecule has 0 atom stereocenters. The van der Waals surface area contributed by atoms with E-state index in [0.29, 0.717) is 36.2 Å². The zero-order valence-corrected chi connectivity index (χ0v) is 14.7. The SMILES string of the molecule is COCCc1noc(CNC(=O)CN2C(=O)COc3ccc(C)cc32)n1. The predicted molar refractivity (Wildman–Crippen MR) is 90.8 cm³/mol. The van der Waals surface area contributed by atoms with Gasteiger partial charge in [0.25, 0.3) is 5.91 Å². The van der Waals surface area contributed by atoms with Gasteiger partial charge in [-0.3, -0.25) is 14.5 Å². The number of fused-ring (bicyclic) bond motifs is 1. The highest BCUT2D eigenvalue weighted by molar-refractivity contribution is 6.02. The summed E-state index contributed by atoms with van der Waals surface area (Å²) in [5.41, 5.74) is 1.57. The summed E-state index contributed by atoms with van der Waals surface area (Å²) in [6, 6.07) is 5.51. The highest BCUT2D eigenvalue weighted by Gasteiger charge is 2.27. The third-order valence-electron chi connectivity index (χ3n) is 3.84. The Morgan fingerprint density at radius 2 is 2.27 bits per heavy atom. The number of amides is 2. The van der Waals surface area contributed by atoms with Crippen molar-refractivity contribution in [3.63, 3.8) is 0 Å². The molecule has 3 rings (SSSR count). The molecule has 0 unspecified atom stereocenters. The standard InChI is InChI=1S/C17H20N4O5/c1-11-3-4-13-12(7-11)21(17(23)10-25-13)9-15(22)18-8-16-19-14(20-26-16)5-6-24-2/h3-4,7H,5-6,8-10H2,1-2H3,(H,18,22). The molecule has 1 aliphatic rings. The number of rotatable bonds is 7. The van der Waals surface area contributed by atoms with E-state index < -0.39 is 0 Å². The van der Waals surface area contributed by atoms with E-state index in [0.717, 1.165) is 5.56 Å². The summed E-state index contributed by atoms with van der Waals surface area (Å²) in [4.78, 5) is 30.0. The number of methoxy groups -OCH3 is 1. The first kappa shape index (κ1) is 17.9. The summed E-state index contributed by atoms with van der Waals surface area (Å²) in [5.74, 6) is 0.808. The molecule has 9 nitrogen and oxygen atoms in total. The molecule has 1 N–H and O–H groups in total. The van der Waals surface area contributed by atoms with Crippen LogP contribution in [-0.2, 0) is 27.3 Å². The van der Waals surface area contributed by atoms with Crippen LogP contribution in [0.4, 0.5) is 5.69 Å². The average molecular weight is 360 g/mol. The van der Waals surface area contributed by atoms with Crippen LogP contribution in [-0.4, -0.2) is 48.8 Å². The Morgan fingerprint density at radius 3 is 3.08 bits per heavy atom. The van der Waals surface area contributed by atoms with Crippen LogP contribution in [0.1, 0.15) is 17.3 Å². The van der Waals surface area contributed by atoms with Crippen molar-refractivity contribution in [3.05, 3.63) is 35.5 Å². The monoisotopic (exact) mass is 360 g/mol. The molecular formula is C17H20N4O5. The quantitative estimate of drug-likeness (QED) is 0.771. The van der Waals surface area contributed by atoms with Crippen molar-refractivity contribution in [2.24, 2.45) is 0 Å². The molecule has 1 aromatic carbocycles. The number of benzene rings is 1. The van der Waals surface area contributed by atoms with Crippen LogP contribution in [0.5, 0.6) is 5.75 Å². The van der Waals surface area contributed by atoms with Gasteiger partial charge in [-0.15, -0.1) is 0 Å². The number of anilines is 1. The number of nitrogens with one attached hydrogen (secondary N) is 1. The minimum Gasteiger partial charge on any atom is -0.482 e. The van der Waals surface area contributed by atoms with Gasteiger partial charge in [-0.25, -0.2) is 0 Å². The lowest BCUT2D eigenvalue weighted by atomic mass is 10.1. The Kier molecular flexibility index (Phi) is 5.47. The summed E-state index contributed by atoms with van der Waals surface area (Å²) in [6.45, 7) is 2.30. The highest BCUT2D eigenvalue weighted by Crippen LogP contribution is 2.32. The van der Waals surface area contributed by atoms with Gasteiger partial charge in [0, 0.05) is 13.5 Å². The first-order chi connectivity index (χ1) is 12.6. The first-order valence-corrected chi connectivity index (χ1v) is 8.17. The lowest BCUT2D eigenvalue weighted by Gasteiger charge is -2.29. The number of hydrogen-bond donors (Lipinski definition) is 1. The summed E-state index contributed by atoms with van der Waals surface area (Å²) in [5, 5.41) is 6.48. The van der Waals surface area contributed by atoms with Crippen LogP contribution in [0.25, 0.3) is 0 Å². The van der Waals surface area contributed by atoms with E-state index in [-0.39, 0.29) is 31.5 Å². The molecule has 0 fully saturated rings. The van der Waals surface area contributed by atoms with Gasteiger partial charge in [0.15, 0.2) is 12.4 Å². The number of nitrogens with zero attached hydrogens (tertiary/aromatic N) is 3. The van der Waals surface area contributed by atoms with Crippen LogP contribution in [0.3, 0.4) is 0 Å². The van der Waals surface area contributed by atoms with Gasteiger partial charge >= 0.3 is 0 Å². The van der Waals surface area contributed by atoms with Crippen molar-refractivity contribution in [2.75, 3.05) is 31.8 Å². The van der Waals surface area contributed by atoms with Gasteiger partial charge in [-0.05, 0) is 24.6 Å². The van der Waals surface area contributed by atoms with E-state index in [4.69, 9.17) is 14.0 Å². The second kappa shape index (κ2) is 7.96. The molecule has 0 radical (unpaired) electrons. The fraction of sp³-hybridized carbons (Fsp3) is 0.412. The average Bonchev–Trinajstić information content (AvgIpc) is 3.08. The van der Waals surface area contributed by atoms with Crippen molar-refractivity contribution < 1.29 is 23.6 Å². The molecule has 0 saturated heterocycles. The zero-order valence-electron chi connectivity index (χ0n) is 14.7. The van der Waals surface area contributed by atoms with Gasteiger partial charge in [-0.1, -0.05) is 11.2 Å². The third-order valence-corrected chi connectivity index (χ3v) is 3.84. The van der Waals surface area contributed by atoms with Crippen molar-refractivity contribution in [3.8, 4) is 5.75 Å². The Morgan fingerprint density at radius 1 is 1.42 bits per heavy atom. The second-order valence-corrected chi connectivity index (χ2v) is 5.86. The second-order valence-electron chi connectivity index (χ2n) is 5.86. The number of carbonyl (C=O) groups excluding carboxylic acids is 2. The fourth-order valence-electron chi connectivity index (χ4n) is 2.52. The number of carbonyl (C=O) groups is 2. The number of aromatic nitrogens is 2. The van der Waals surface area contributed by atoms with Gasteiger partial charge in [0.05, 0.1) is 18.8 Å². The minimum absolute atomic E-state index is 0.0874. The molecular weight excluding hydrogens is 340 g/mol. The summed E-state index contributed by atoms with van der Waals surface area (Å²) in [7, 11) is 1.59. The number of ether oxygens (including phenoxy) is 2. The van der Waals surface area contributed by atoms with Crippen molar-refractivity contribution >= 4 is 17.5 Å². The molecule has 0 bridgehead atoms. The molecule has 138 valence electrons. The van der Waals surface area contributed by atoms with Crippen molar-refractivity contribution in [1.82, 2.24) is 15.5 Å². The molecule has 1 aliphatic heterocycles. The number of aryl methyl sites for hydroxylation is 1. The maximum absolute atomic E-state index is 12.2. The van der Waals surface area contributed by atoms with E-state index in [1.54, 1.807) is 13.2 Å². The van der Waals surface area contributed by atoms with Crippen LogP contribution < -0.4 is 15.0 Å². The fourth-order valence-corrected chi connectivity index (χ4v) is 2.52. The largest absolute Gasteiger partial charge is 0.482 e. The van der Waals surface area contributed by atoms with Gasteiger partial charge in [0.1, 0.15) is 12.3 Å². The van der Waals surface area contributed by atoms with E-state index in [1.807, 2.05) is 19.1 Å².